The Hall–Kier alpha value is -2.16. The molecule has 2 amide bonds. The second-order valence-electron chi connectivity index (χ2n) is 5.04. The lowest BCUT2D eigenvalue weighted by Gasteiger charge is -2.13. The highest BCUT2D eigenvalue weighted by Crippen LogP contribution is 2.19. The quantitative estimate of drug-likeness (QED) is 0.709. The number of carbonyl (C=O) groups excluding carboxylic acids is 1. The average molecular weight is 357 g/mol. The van der Waals surface area contributed by atoms with E-state index in [1.165, 1.54) is 12.3 Å². The standard InChI is InChI=1S/C15H18ClFN4O3/c1-24-3-2-21-9-13(7-19-21)20-15(23)18-8-14(22)10-4-11(16)6-12(17)5-10/h4-7,9,14,22H,2-3,8H2,1H3,(H2,18,20,23). The Morgan fingerprint density at radius 2 is 2.29 bits per heavy atom. The van der Waals surface area contributed by atoms with E-state index in [-0.39, 0.29) is 17.1 Å². The molecule has 0 aliphatic heterocycles. The molecule has 0 saturated heterocycles. The van der Waals surface area contributed by atoms with Gasteiger partial charge in [-0.15, -0.1) is 0 Å². The number of anilines is 1. The Labute approximate surface area is 143 Å². The van der Waals surface area contributed by atoms with Crippen LogP contribution >= 0.6 is 11.6 Å². The summed E-state index contributed by atoms with van der Waals surface area (Å²) in [7, 11) is 1.59. The monoisotopic (exact) mass is 356 g/mol. The van der Waals surface area contributed by atoms with Crippen molar-refractivity contribution in [1.29, 1.82) is 0 Å². The summed E-state index contributed by atoms with van der Waals surface area (Å²) in [5.74, 6) is -0.551. The van der Waals surface area contributed by atoms with E-state index in [9.17, 15) is 14.3 Å². The van der Waals surface area contributed by atoms with E-state index < -0.39 is 18.0 Å². The number of aliphatic hydroxyl groups excluding tert-OH is 1. The Morgan fingerprint density at radius 1 is 1.50 bits per heavy atom. The molecule has 0 aliphatic rings. The fourth-order valence-corrected chi connectivity index (χ4v) is 2.22. The van der Waals surface area contributed by atoms with Crippen LogP contribution in [-0.2, 0) is 11.3 Å². The smallest absolute Gasteiger partial charge is 0.319 e. The first-order valence-electron chi connectivity index (χ1n) is 7.18. The van der Waals surface area contributed by atoms with Gasteiger partial charge in [0.2, 0.25) is 0 Å². The molecule has 9 heteroatoms. The van der Waals surface area contributed by atoms with Gasteiger partial charge < -0.3 is 20.5 Å². The van der Waals surface area contributed by atoms with Crippen molar-refractivity contribution in [3.05, 3.63) is 47.0 Å². The number of amides is 2. The van der Waals surface area contributed by atoms with Crippen molar-refractivity contribution in [2.45, 2.75) is 12.6 Å². The van der Waals surface area contributed by atoms with Crippen LogP contribution < -0.4 is 10.6 Å². The summed E-state index contributed by atoms with van der Waals surface area (Å²) >= 11 is 5.73. The maximum Gasteiger partial charge on any atom is 0.319 e. The molecule has 1 aromatic heterocycles. The number of carbonyl (C=O) groups is 1. The van der Waals surface area contributed by atoms with Crippen LogP contribution in [0.15, 0.2) is 30.6 Å². The molecule has 1 aromatic carbocycles. The maximum atomic E-state index is 13.3. The van der Waals surface area contributed by atoms with Gasteiger partial charge in [0, 0.05) is 24.9 Å². The third kappa shape index (κ3) is 5.48. The summed E-state index contributed by atoms with van der Waals surface area (Å²) in [5, 5.41) is 19.3. The lowest BCUT2D eigenvalue weighted by molar-refractivity contribution is 0.174. The van der Waals surface area contributed by atoms with Gasteiger partial charge in [0.05, 0.1) is 31.1 Å². The third-order valence-electron chi connectivity index (χ3n) is 3.14. The Balaban J connectivity index is 1.83. The minimum Gasteiger partial charge on any atom is -0.387 e. The number of benzene rings is 1. The summed E-state index contributed by atoms with van der Waals surface area (Å²) in [6.45, 7) is 0.984. The number of methoxy groups -OCH3 is 1. The molecular formula is C15H18ClFN4O3. The number of aromatic nitrogens is 2. The minimum absolute atomic E-state index is 0.0938. The number of halogens is 2. The normalized spacial score (nSPS) is 12.0. The fraction of sp³-hybridized carbons (Fsp3) is 0.333. The van der Waals surface area contributed by atoms with Crippen LogP contribution in [-0.4, -0.2) is 41.2 Å². The topological polar surface area (TPSA) is 88.4 Å². The van der Waals surface area contributed by atoms with Gasteiger partial charge in [0.1, 0.15) is 5.82 Å². The first kappa shape index (κ1) is 18.2. The van der Waals surface area contributed by atoms with Gasteiger partial charge in [0.15, 0.2) is 0 Å². The van der Waals surface area contributed by atoms with E-state index in [1.807, 2.05) is 0 Å². The minimum atomic E-state index is -1.08. The zero-order valence-corrected chi connectivity index (χ0v) is 13.8. The van der Waals surface area contributed by atoms with Crippen molar-refractivity contribution < 1.29 is 19.0 Å². The molecular weight excluding hydrogens is 339 g/mol. The van der Waals surface area contributed by atoms with Crippen LogP contribution in [0.25, 0.3) is 0 Å². The lowest BCUT2D eigenvalue weighted by Crippen LogP contribution is -2.32. The number of hydrogen-bond acceptors (Lipinski definition) is 4. The molecule has 7 nitrogen and oxygen atoms in total. The van der Waals surface area contributed by atoms with E-state index in [1.54, 1.807) is 18.0 Å². The Kier molecular flexibility index (Phi) is 6.53. The fourth-order valence-electron chi connectivity index (χ4n) is 1.99. The highest BCUT2D eigenvalue weighted by molar-refractivity contribution is 6.30. The van der Waals surface area contributed by atoms with Crippen LogP contribution in [0.1, 0.15) is 11.7 Å². The van der Waals surface area contributed by atoms with Crippen LogP contribution in [0.4, 0.5) is 14.9 Å². The highest BCUT2D eigenvalue weighted by atomic mass is 35.5. The molecule has 0 radical (unpaired) electrons. The third-order valence-corrected chi connectivity index (χ3v) is 3.36. The van der Waals surface area contributed by atoms with Crippen molar-refractivity contribution in [3.8, 4) is 0 Å². The summed E-state index contributed by atoms with van der Waals surface area (Å²) < 4.78 is 19.8. The van der Waals surface area contributed by atoms with E-state index in [2.05, 4.69) is 15.7 Å². The Morgan fingerprint density at radius 3 is 3.00 bits per heavy atom. The molecule has 0 saturated carbocycles. The number of hydrogen-bond donors (Lipinski definition) is 3. The second-order valence-corrected chi connectivity index (χ2v) is 5.47. The lowest BCUT2D eigenvalue weighted by atomic mass is 10.1. The summed E-state index contributed by atoms with van der Waals surface area (Å²) in [4.78, 5) is 11.8. The van der Waals surface area contributed by atoms with Gasteiger partial charge in [-0.2, -0.15) is 5.10 Å². The summed E-state index contributed by atoms with van der Waals surface area (Å²) in [6.07, 6.45) is 2.08. The number of ether oxygens (including phenoxy) is 1. The molecule has 1 unspecified atom stereocenters. The molecule has 0 spiro atoms. The molecule has 130 valence electrons. The van der Waals surface area contributed by atoms with Crippen molar-refractivity contribution in [2.24, 2.45) is 0 Å². The molecule has 1 atom stereocenters. The largest absolute Gasteiger partial charge is 0.387 e. The van der Waals surface area contributed by atoms with Crippen molar-refractivity contribution >= 4 is 23.3 Å². The number of rotatable bonds is 7. The molecule has 0 fully saturated rings. The van der Waals surface area contributed by atoms with E-state index in [4.69, 9.17) is 16.3 Å². The average Bonchev–Trinajstić information content (AvgIpc) is 2.97. The summed E-state index contributed by atoms with van der Waals surface area (Å²) in [5.41, 5.74) is 0.791. The molecule has 0 bridgehead atoms. The van der Waals surface area contributed by atoms with Crippen molar-refractivity contribution in [3.63, 3.8) is 0 Å². The van der Waals surface area contributed by atoms with Gasteiger partial charge >= 0.3 is 6.03 Å². The van der Waals surface area contributed by atoms with Crippen LogP contribution in [0.3, 0.4) is 0 Å². The van der Waals surface area contributed by atoms with Crippen LogP contribution in [0.2, 0.25) is 5.02 Å². The first-order valence-corrected chi connectivity index (χ1v) is 7.56. The Bertz CT molecular complexity index is 675. The summed E-state index contributed by atoms with van der Waals surface area (Å²) in [6, 6.07) is 3.23. The predicted molar refractivity (Wildman–Crippen MR) is 87.5 cm³/mol. The number of nitrogens with zero attached hydrogens (tertiary/aromatic N) is 2. The van der Waals surface area contributed by atoms with Gasteiger partial charge in [-0.3, -0.25) is 4.68 Å². The van der Waals surface area contributed by atoms with E-state index in [0.29, 0.717) is 18.8 Å². The van der Waals surface area contributed by atoms with Gasteiger partial charge in [-0.25, -0.2) is 9.18 Å². The van der Waals surface area contributed by atoms with Crippen LogP contribution in [0, 0.1) is 5.82 Å². The van der Waals surface area contributed by atoms with E-state index >= 15 is 0 Å². The zero-order chi connectivity index (χ0) is 17.5. The molecule has 0 aliphatic carbocycles. The maximum absolute atomic E-state index is 13.3. The number of nitrogens with one attached hydrogen (secondary N) is 2. The van der Waals surface area contributed by atoms with Crippen LogP contribution in [0.5, 0.6) is 0 Å². The number of urea groups is 1. The van der Waals surface area contributed by atoms with Crippen molar-refractivity contribution in [1.82, 2.24) is 15.1 Å². The predicted octanol–water partition coefficient (Wildman–Crippen LogP) is 2.18. The first-order chi connectivity index (χ1) is 11.5. The van der Waals surface area contributed by atoms with Gasteiger partial charge in [0.25, 0.3) is 0 Å². The van der Waals surface area contributed by atoms with Crippen molar-refractivity contribution in [2.75, 3.05) is 25.6 Å². The molecule has 24 heavy (non-hydrogen) atoms. The van der Waals surface area contributed by atoms with E-state index in [0.717, 1.165) is 12.1 Å². The SMILES string of the molecule is COCCn1cc(NC(=O)NCC(O)c2cc(F)cc(Cl)c2)cn1. The molecule has 2 rings (SSSR count). The number of aliphatic hydroxyl groups is 1. The molecule has 3 N–H and O–H groups in total. The van der Waals surface area contributed by atoms with Gasteiger partial charge in [-0.1, -0.05) is 11.6 Å². The molecule has 1 heterocycles. The highest BCUT2D eigenvalue weighted by Gasteiger charge is 2.12. The van der Waals surface area contributed by atoms with Gasteiger partial charge in [-0.05, 0) is 23.8 Å². The second kappa shape index (κ2) is 8.62. The zero-order valence-electron chi connectivity index (χ0n) is 13.0. The molecule has 2 aromatic rings.